The highest BCUT2D eigenvalue weighted by Gasteiger charge is 2.26. The van der Waals surface area contributed by atoms with E-state index in [2.05, 4.69) is 5.32 Å². The third-order valence-corrected chi connectivity index (χ3v) is 4.28. The number of hydrogen-bond acceptors (Lipinski definition) is 4. The van der Waals surface area contributed by atoms with Crippen molar-refractivity contribution >= 4 is 39.4 Å². The second kappa shape index (κ2) is 7.86. The molecule has 0 aliphatic heterocycles. The number of ether oxygens (including phenoxy) is 1. The second-order valence-corrected chi connectivity index (χ2v) is 6.07. The SMILES string of the molecule is CCOC(=O)C[C@@H](NC(=O)c1c2ccccc2cc2ccccc12)C(=O)O. The first-order chi connectivity index (χ1) is 13.0. The van der Waals surface area contributed by atoms with Gasteiger partial charge < -0.3 is 15.2 Å². The van der Waals surface area contributed by atoms with Gasteiger partial charge in [0.15, 0.2) is 0 Å². The highest BCUT2D eigenvalue weighted by molar-refractivity contribution is 6.18. The fraction of sp³-hybridized carbons (Fsp3) is 0.190. The standard InChI is InChI=1S/C21H19NO5/c1-2-27-18(23)12-17(21(25)26)22-20(24)19-15-9-5-3-7-13(15)11-14-8-4-6-10-16(14)19/h3-11,17H,2,12H2,1H3,(H,22,24)(H,25,26)/t17-/m1/s1. The van der Waals surface area contributed by atoms with E-state index in [0.29, 0.717) is 16.3 Å². The Morgan fingerprint density at radius 2 is 1.56 bits per heavy atom. The zero-order valence-electron chi connectivity index (χ0n) is 14.8. The van der Waals surface area contributed by atoms with Crippen molar-refractivity contribution < 1.29 is 24.2 Å². The van der Waals surface area contributed by atoms with Gasteiger partial charge in [0, 0.05) is 0 Å². The third-order valence-electron chi connectivity index (χ3n) is 4.28. The summed E-state index contributed by atoms with van der Waals surface area (Å²) in [7, 11) is 0. The number of carboxylic acids is 1. The fourth-order valence-electron chi connectivity index (χ4n) is 3.08. The summed E-state index contributed by atoms with van der Waals surface area (Å²) in [6.45, 7) is 1.78. The van der Waals surface area contributed by atoms with Crippen LogP contribution in [0.3, 0.4) is 0 Å². The van der Waals surface area contributed by atoms with E-state index in [9.17, 15) is 19.5 Å². The van der Waals surface area contributed by atoms with Gasteiger partial charge in [0.2, 0.25) is 0 Å². The minimum atomic E-state index is -1.37. The maximum atomic E-state index is 13.0. The van der Waals surface area contributed by atoms with Crippen molar-refractivity contribution in [3.63, 3.8) is 0 Å². The molecule has 6 heteroatoms. The molecular weight excluding hydrogens is 346 g/mol. The van der Waals surface area contributed by atoms with Crippen LogP contribution < -0.4 is 5.32 Å². The topological polar surface area (TPSA) is 92.7 Å². The Kier molecular flexibility index (Phi) is 5.35. The first-order valence-electron chi connectivity index (χ1n) is 8.61. The number of esters is 1. The predicted molar refractivity (Wildman–Crippen MR) is 102 cm³/mol. The Balaban J connectivity index is 2.03. The molecule has 3 aromatic rings. The van der Waals surface area contributed by atoms with E-state index in [1.165, 1.54) is 0 Å². The number of rotatable bonds is 6. The molecule has 6 nitrogen and oxygen atoms in total. The highest BCUT2D eigenvalue weighted by atomic mass is 16.5. The summed E-state index contributed by atoms with van der Waals surface area (Å²) in [6, 6.07) is 15.4. The average molecular weight is 365 g/mol. The van der Waals surface area contributed by atoms with Gasteiger partial charge in [-0.3, -0.25) is 9.59 Å². The van der Waals surface area contributed by atoms with Crippen LogP contribution in [0.15, 0.2) is 54.6 Å². The van der Waals surface area contributed by atoms with Gasteiger partial charge in [-0.15, -0.1) is 0 Å². The lowest BCUT2D eigenvalue weighted by atomic mass is 9.96. The molecule has 0 fully saturated rings. The molecule has 0 bridgehead atoms. The first-order valence-corrected chi connectivity index (χ1v) is 8.61. The van der Waals surface area contributed by atoms with Gasteiger partial charge in [-0.1, -0.05) is 48.5 Å². The summed E-state index contributed by atoms with van der Waals surface area (Å²) >= 11 is 0. The lowest BCUT2D eigenvalue weighted by Gasteiger charge is -2.16. The molecule has 3 rings (SSSR count). The lowest BCUT2D eigenvalue weighted by Crippen LogP contribution is -2.42. The monoisotopic (exact) mass is 365 g/mol. The molecule has 0 aliphatic rings. The smallest absolute Gasteiger partial charge is 0.326 e. The summed E-state index contributed by atoms with van der Waals surface area (Å²) in [5.41, 5.74) is 0.388. The number of nitrogens with one attached hydrogen (secondary N) is 1. The zero-order valence-corrected chi connectivity index (χ0v) is 14.8. The molecule has 0 unspecified atom stereocenters. The molecule has 0 aromatic heterocycles. The van der Waals surface area contributed by atoms with Gasteiger partial charge in [0.1, 0.15) is 6.04 Å². The van der Waals surface area contributed by atoms with Gasteiger partial charge in [-0.25, -0.2) is 4.79 Å². The van der Waals surface area contributed by atoms with Crippen LogP contribution >= 0.6 is 0 Å². The highest BCUT2D eigenvalue weighted by Crippen LogP contribution is 2.28. The predicted octanol–water partition coefficient (Wildman–Crippen LogP) is 3.13. The van der Waals surface area contributed by atoms with Crippen molar-refractivity contribution in [3.8, 4) is 0 Å². The molecule has 138 valence electrons. The van der Waals surface area contributed by atoms with E-state index in [1.54, 1.807) is 6.92 Å². The molecule has 1 amide bonds. The van der Waals surface area contributed by atoms with Crippen LogP contribution in [0.5, 0.6) is 0 Å². The molecule has 1 atom stereocenters. The van der Waals surface area contributed by atoms with E-state index in [4.69, 9.17) is 4.74 Å². The number of benzene rings is 3. The van der Waals surface area contributed by atoms with Gasteiger partial charge in [0.25, 0.3) is 5.91 Å². The van der Waals surface area contributed by atoms with Crippen LogP contribution in [0, 0.1) is 0 Å². The third kappa shape index (κ3) is 3.89. The molecule has 3 aromatic carbocycles. The number of aliphatic carboxylic acids is 1. The van der Waals surface area contributed by atoms with Crippen LogP contribution in [-0.4, -0.2) is 35.6 Å². The Labute approximate surface area is 155 Å². The van der Waals surface area contributed by atoms with E-state index < -0.39 is 30.3 Å². The van der Waals surface area contributed by atoms with Gasteiger partial charge in [0.05, 0.1) is 18.6 Å². The van der Waals surface area contributed by atoms with E-state index in [0.717, 1.165) is 10.8 Å². The largest absolute Gasteiger partial charge is 0.480 e. The maximum absolute atomic E-state index is 13.0. The zero-order chi connectivity index (χ0) is 19.4. The van der Waals surface area contributed by atoms with Crippen molar-refractivity contribution in [2.24, 2.45) is 0 Å². The van der Waals surface area contributed by atoms with E-state index >= 15 is 0 Å². The second-order valence-electron chi connectivity index (χ2n) is 6.07. The first kappa shape index (κ1) is 18.4. The Hall–Kier alpha value is -3.41. The summed E-state index contributed by atoms with van der Waals surface area (Å²) < 4.78 is 4.80. The Bertz CT molecular complexity index is 973. The molecule has 0 aliphatic carbocycles. The summed E-state index contributed by atoms with van der Waals surface area (Å²) in [4.78, 5) is 36.2. The van der Waals surface area contributed by atoms with Crippen molar-refractivity contribution in [1.29, 1.82) is 0 Å². The van der Waals surface area contributed by atoms with Crippen LogP contribution in [0.4, 0.5) is 0 Å². The van der Waals surface area contributed by atoms with Crippen LogP contribution in [0.1, 0.15) is 23.7 Å². The summed E-state index contributed by atoms with van der Waals surface area (Å²) in [6.07, 6.45) is -0.433. The summed E-state index contributed by atoms with van der Waals surface area (Å²) in [5.74, 6) is -2.51. The Morgan fingerprint density at radius 1 is 1.00 bits per heavy atom. The van der Waals surface area contributed by atoms with Crippen molar-refractivity contribution in [2.75, 3.05) is 6.61 Å². The number of carbonyl (C=O) groups is 3. The molecule has 0 spiro atoms. The normalized spacial score (nSPS) is 11.9. The molecule has 0 heterocycles. The quantitative estimate of drug-likeness (QED) is 0.517. The van der Waals surface area contributed by atoms with Crippen molar-refractivity contribution in [2.45, 2.75) is 19.4 Å². The number of hydrogen-bond donors (Lipinski definition) is 2. The number of amides is 1. The summed E-state index contributed by atoms with van der Waals surface area (Å²) in [5, 5.41) is 15.0. The minimum absolute atomic E-state index is 0.146. The molecule has 0 radical (unpaired) electrons. The number of carboxylic acid groups (broad SMARTS) is 1. The van der Waals surface area contributed by atoms with Crippen LogP contribution in [0.25, 0.3) is 21.5 Å². The van der Waals surface area contributed by atoms with Crippen molar-refractivity contribution in [1.82, 2.24) is 5.32 Å². The van der Waals surface area contributed by atoms with Gasteiger partial charge in [-0.2, -0.15) is 0 Å². The average Bonchev–Trinajstić information content (AvgIpc) is 2.65. The Morgan fingerprint density at radius 3 is 2.07 bits per heavy atom. The van der Waals surface area contributed by atoms with Gasteiger partial charge in [-0.05, 0) is 34.5 Å². The molecule has 27 heavy (non-hydrogen) atoms. The molecular formula is C21H19NO5. The maximum Gasteiger partial charge on any atom is 0.326 e. The van der Waals surface area contributed by atoms with E-state index in [-0.39, 0.29) is 6.61 Å². The molecule has 2 N–H and O–H groups in total. The minimum Gasteiger partial charge on any atom is -0.480 e. The lowest BCUT2D eigenvalue weighted by molar-refractivity contribution is -0.149. The number of carbonyl (C=O) groups excluding carboxylic acids is 2. The van der Waals surface area contributed by atoms with Gasteiger partial charge >= 0.3 is 11.9 Å². The molecule has 0 saturated heterocycles. The number of fused-ring (bicyclic) bond motifs is 2. The van der Waals surface area contributed by atoms with Crippen molar-refractivity contribution in [3.05, 3.63) is 60.2 Å². The molecule has 0 saturated carbocycles. The van der Waals surface area contributed by atoms with Crippen LogP contribution in [-0.2, 0) is 14.3 Å². The fourth-order valence-corrected chi connectivity index (χ4v) is 3.08. The van der Waals surface area contributed by atoms with E-state index in [1.807, 2.05) is 54.6 Å². The van der Waals surface area contributed by atoms with Crippen LogP contribution in [0.2, 0.25) is 0 Å².